The van der Waals surface area contributed by atoms with Crippen molar-refractivity contribution in [2.24, 2.45) is 5.84 Å². The molecule has 2 rings (SSSR count). The van der Waals surface area contributed by atoms with Crippen LogP contribution in [0.3, 0.4) is 0 Å². The molecule has 3 nitrogen and oxygen atoms in total. The fourth-order valence-corrected chi connectivity index (χ4v) is 2.37. The van der Waals surface area contributed by atoms with Crippen molar-refractivity contribution in [2.75, 3.05) is 7.11 Å². The Morgan fingerprint density at radius 3 is 2.50 bits per heavy atom. The molecule has 1 atom stereocenters. The minimum absolute atomic E-state index is 0.183. The highest BCUT2D eigenvalue weighted by atomic mass is 35.5. The third-order valence-electron chi connectivity index (χ3n) is 3.31. The fraction of sp³-hybridized carbons (Fsp3) is 0.200. The van der Waals surface area contributed by atoms with Crippen molar-refractivity contribution in [3.63, 3.8) is 0 Å². The number of methoxy groups -OCH3 is 1. The summed E-state index contributed by atoms with van der Waals surface area (Å²) in [4.78, 5) is 0. The molecular weight excluding hydrogens is 279 g/mol. The largest absolute Gasteiger partial charge is 0.494 e. The average molecular weight is 295 g/mol. The lowest BCUT2D eigenvalue weighted by atomic mass is 9.95. The molecule has 0 heterocycles. The molecule has 5 heteroatoms. The Morgan fingerprint density at radius 1 is 1.20 bits per heavy atom. The van der Waals surface area contributed by atoms with E-state index in [2.05, 4.69) is 5.43 Å². The van der Waals surface area contributed by atoms with E-state index in [4.69, 9.17) is 22.2 Å². The van der Waals surface area contributed by atoms with Gasteiger partial charge in [-0.1, -0.05) is 35.9 Å². The number of rotatable bonds is 4. The molecule has 0 aliphatic heterocycles. The number of nitrogens with two attached hydrogens (primary N) is 1. The number of hydrazine groups is 1. The van der Waals surface area contributed by atoms with Gasteiger partial charge in [-0.15, -0.1) is 0 Å². The Kier molecular flexibility index (Phi) is 4.60. The van der Waals surface area contributed by atoms with E-state index in [1.807, 2.05) is 19.1 Å². The van der Waals surface area contributed by atoms with Crippen LogP contribution in [0.2, 0.25) is 5.02 Å². The molecule has 0 saturated heterocycles. The lowest BCUT2D eigenvalue weighted by Crippen LogP contribution is -2.30. The first-order chi connectivity index (χ1) is 9.60. The van der Waals surface area contributed by atoms with Crippen LogP contribution in [-0.4, -0.2) is 7.11 Å². The van der Waals surface area contributed by atoms with E-state index in [0.717, 1.165) is 11.1 Å². The molecule has 0 saturated carbocycles. The van der Waals surface area contributed by atoms with Gasteiger partial charge in [0.25, 0.3) is 0 Å². The van der Waals surface area contributed by atoms with Gasteiger partial charge in [-0.05, 0) is 30.2 Å². The predicted octanol–water partition coefficient (Wildman–Crippen LogP) is 3.35. The third kappa shape index (κ3) is 2.63. The summed E-state index contributed by atoms with van der Waals surface area (Å²) in [5, 5.41) is 0.617. The van der Waals surface area contributed by atoms with Crippen molar-refractivity contribution in [3.8, 4) is 5.75 Å². The molecule has 0 amide bonds. The Balaban J connectivity index is 2.56. The zero-order valence-corrected chi connectivity index (χ0v) is 12.0. The molecule has 2 aromatic carbocycles. The van der Waals surface area contributed by atoms with Crippen LogP contribution in [-0.2, 0) is 0 Å². The van der Waals surface area contributed by atoms with Crippen molar-refractivity contribution < 1.29 is 9.13 Å². The normalized spacial score (nSPS) is 12.2. The summed E-state index contributed by atoms with van der Waals surface area (Å²) in [6.45, 7) is 1.88. The molecule has 1 unspecified atom stereocenters. The predicted molar refractivity (Wildman–Crippen MR) is 78.3 cm³/mol. The molecule has 0 radical (unpaired) electrons. The van der Waals surface area contributed by atoms with Crippen molar-refractivity contribution in [2.45, 2.75) is 13.0 Å². The maximum absolute atomic E-state index is 14.4. The highest BCUT2D eigenvalue weighted by molar-refractivity contribution is 6.31. The summed E-state index contributed by atoms with van der Waals surface area (Å²) in [6, 6.07) is 9.93. The van der Waals surface area contributed by atoms with Crippen LogP contribution in [0.4, 0.5) is 4.39 Å². The molecule has 0 bridgehead atoms. The van der Waals surface area contributed by atoms with Crippen molar-refractivity contribution in [1.82, 2.24) is 5.43 Å². The van der Waals surface area contributed by atoms with Gasteiger partial charge in [0.1, 0.15) is 0 Å². The van der Waals surface area contributed by atoms with Crippen LogP contribution in [0.5, 0.6) is 5.75 Å². The lowest BCUT2D eigenvalue weighted by molar-refractivity contribution is 0.381. The molecule has 0 aliphatic rings. The van der Waals surface area contributed by atoms with Gasteiger partial charge in [0.2, 0.25) is 0 Å². The van der Waals surface area contributed by atoms with Crippen molar-refractivity contribution >= 4 is 11.6 Å². The first-order valence-corrected chi connectivity index (χ1v) is 6.51. The molecular formula is C15H16ClFN2O. The zero-order chi connectivity index (χ0) is 14.7. The van der Waals surface area contributed by atoms with Gasteiger partial charge >= 0.3 is 0 Å². The minimum Gasteiger partial charge on any atom is -0.494 e. The van der Waals surface area contributed by atoms with E-state index in [0.29, 0.717) is 10.6 Å². The average Bonchev–Trinajstić information content (AvgIpc) is 2.46. The Hall–Kier alpha value is -1.62. The van der Waals surface area contributed by atoms with Gasteiger partial charge in [-0.2, -0.15) is 0 Å². The van der Waals surface area contributed by atoms with Crippen LogP contribution in [0.25, 0.3) is 0 Å². The maximum atomic E-state index is 14.4. The number of halogens is 2. The number of ether oxygens (including phenoxy) is 1. The molecule has 0 aromatic heterocycles. The lowest BCUT2D eigenvalue weighted by Gasteiger charge is -2.21. The smallest absolute Gasteiger partial charge is 0.170 e. The van der Waals surface area contributed by atoms with Crippen molar-refractivity contribution in [3.05, 3.63) is 63.9 Å². The van der Waals surface area contributed by atoms with Crippen LogP contribution >= 0.6 is 11.6 Å². The quantitative estimate of drug-likeness (QED) is 0.671. The van der Waals surface area contributed by atoms with Crippen LogP contribution in [0.1, 0.15) is 22.7 Å². The van der Waals surface area contributed by atoms with Gasteiger partial charge in [0, 0.05) is 10.6 Å². The highest BCUT2D eigenvalue weighted by Crippen LogP contribution is 2.32. The topological polar surface area (TPSA) is 47.3 Å². The van der Waals surface area contributed by atoms with Crippen LogP contribution in [0, 0.1) is 12.7 Å². The van der Waals surface area contributed by atoms with E-state index in [9.17, 15) is 4.39 Å². The summed E-state index contributed by atoms with van der Waals surface area (Å²) in [5.74, 6) is 5.37. The Morgan fingerprint density at radius 2 is 1.85 bits per heavy atom. The van der Waals surface area contributed by atoms with E-state index >= 15 is 0 Å². The standard InChI is InChI=1S/C15H16ClFN2O/c1-9-10(5-3-7-12(9)16)15(19-18)11-6-4-8-13(20-2)14(11)17/h3-8,15,19H,18H2,1-2H3. The van der Waals surface area contributed by atoms with E-state index < -0.39 is 11.9 Å². The molecule has 20 heavy (non-hydrogen) atoms. The molecule has 0 spiro atoms. The van der Waals surface area contributed by atoms with Gasteiger partial charge in [-0.25, -0.2) is 9.82 Å². The number of nitrogens with one attached hydrogen (secondary N) is 1. The summed E-state index contributed by atoms with van der Waals surface area (Å²) in [7, 11) is 1.43. The zero-order valence-electron chi connectivity index (χ0n) is 11.3. The van der Waals surface area contributed by atoms with E-state index in [1.54, 1.807) is 24.3 Å². The van der Waals surface area contributed by atoms with E-state index in [-0.39, 0.29) is 5.75 Å². The number of hydrogen-bond donors (Lipinski definition) is 2. The third-order valence-corrected chi connectivity index (χ3v) is 3.72. The van der Waals surface area contributed by atoms with Crippen LogP contribution < -0.4 is 16.0 Å². The second-order valence-electron chi connectivity index (χ2n) is 4.42. The molecule has 106 valence electrons. The summed E-state index contributed by atoms with van der Waals surface area (Å²) in [5.41, 5.74) is 4.74. The second kappa shape index (κ2) is 6.22. The maximum Gasteiger partial charge on any atom is 0.170 e. The first kappa shape index (κ1) is 14.8. The minimum atomic E-state index is -0.496. The van der Waals surface area contributed by atoms with Crippen molar-refractivity contribution in [1.29, 1.82) is 0 Å². The molecule has 2 aromatic rings. The fourth-order valence-electron chi connectivity index (χ4n) is 2.19. The first-order valence-electron chi connectivity index (χ1n) is 6.13. The SMILES string of the molecule is COc1cccc(C(NN)c2cccc(Cl)c2C)c1F. The van der Waals surface area contributed by atoms with E-state index in [1.165, 1.54) is 7.11 Å². The summed E-state index contributed by atoms with van der Waals surface area (Å²) < 4.78 is 19.4. The van der Waals surface area contributed by atoms with Crippen LogP contribution in [0.15, 0.2) is 36.4 Å². The molecule has 3 N–H and O–H groups in total. The Bertz CT molecular complexity index is 619. The number of hydrogen-bond acceptors (Lipinski definition) is 3. The Labute approximate surface area is 122 Å². The molecule has 0 aliphatic carbocycles. The second-order valence-corrected chi connectivity index (χ2v) is 4.82. The monoisotopic (exact) mass is 294 g/mol. The van der Waals surface area contributed by atoms with Gasteiger partial charge in [-0.3, -0.25) is 5.84 Å². The molecule has 0 fully saturated rings. The van der Waals surface area contributed by atoms with Gasteiger partial charge in [0.05, 0.1) is 13.2 Å². The summed E-state index contributed by atoms with van der Waals surface area (Å²) in [6.07, 6.45) is 0. The summed E-state index contributed by atoms with van der Waals surface area (Å²) >= 11 is 6.11. The number of benzene rings is 2. The van der Waals surface area contributed by atoms with Gasteiger partial charge < -0.3 is 4.74 Å². The highest BCUT2D eigenvalue weighted by Gasteiger charge is 2.21. The van der Waals surface area contributed by atoms with Gasteiger partial charge in [0.15, 0.2) is 11.6 Å².